The molecule has 0 radical (unpaired) electrons. The third kappa shape index (κ3) is 3.63. The molecule has 0 atom stereocenters. The smallest absolute Gasteiger partial charge is 0.255 e. The van der Waals surface area contributed by atoms with Crippen LogP contribution in [0.25, 0.3) is 0 Å². The minimum Gasteiger partial charge on any atom is -0.497 e. The number of ether oxygens (including phenoxy) is 1. The number of hydrogen-bond acceptors (Lipinski definition) is 4. The van der Waals surface area contributed by atoms with Crippen LogP contribution in [0.3, 0.4) is 0 Å². The Kier molecular flexibility index (Phi) is 5.17. The van der Waals surface area contributed by atoms with Gasteiger partial charge >= 0.3 is 0 Å². The van der Waals surface area contributed by atoms with Crippen molar-refractivity contribution in [3.05, 3.63) is 28.2 Å². The maximum Gasteiger partial charge on any atom is 0.255 e. The number of carbonyl (C=O) groups excluding carboxylic acids is 1. The van der Waals surface area contributed by atoms with Crippen LogP contribution in [-0.4, -0.2) is 50.4 Å². The Bertz CT molecular complexity index is 666. The van der Waals surface area contributed by atoms with E-state index < -0.39 is 15.1 Å². The molecule has 0 saturated carbocycles. The molecule has 0 spiro atoms. The number of amides is 1. The Labute approximate surface area is 139 Å². The Hall–Kier alpha value is -1.08. The molecule has 0 bridgehead atoms. The van der Waals surface area contributed by atoms with Crippen molar-refractivity contribution in [3.63, 3.8) is 0 Å². The summed E-state index contributed by atoms with van der Waals surface area (Å²) in [6.45, 7) is 4.29. The van der Waals surface area contributed by atoms with E-state index in [-0.39, 0.29) is 30.7 Å². The number of nitrogens with zero attached hydrogens (tertiary/aromatic N) is 1. The topological polar surface area (TPSA) is 63.7 Å². The number of hydrogen-bond donors (Lipinski definition) is 0. The predicted octanol–water partition coefficient (Wildman–Crippen LogP) is 2.35. The van der Waals surface area contributed by atoms with E-state index in [2.05, 4.69) is 15.9 Å². The van der Waals surface area contributed by atoms with Crippen LogP contribution < -0.4 is 4.74 Å². The average Bonchev–Trinajstić information content (AvgIpc) is 2.35. The van der Waals surface area contributed by atoms with E-state index >= 15 is 0 Å². The van der Waals surface area contributed by atoms with Gasteiger partial charge in [0.2, 0.25) is 0 Å². The molecule has 2 rings (SSSR count). The SMILES string of the molecule is COc1ccc(Br)c(C(=O)N2CC(S(=O)(=O)CC(C)C)C2)c1. The second-order valence-electron chi connectivity index (χ2n) is 5.90. The number of likely N-dealkylation sites (tertiary alicyclic amines) is 1. The zero-order chi connectivity index (χ0) is 16.5. The lowest BCUT2D eigenvalue weighted by Crippen LogP contribution is -2.57. The van der Waals surface area contributed by atoms with Gasteiger partial charge in [-0.15, -0.1) is 0 Å². The van der Waals surface area contributed by atoms with E-state index in [9.17, 15) is 13.2 Å². The maximum atomic E-state index is 12.5. The summed E-state index contributed by atoms with van der Waals surface area (Å²) in [6, 6.07) is 5.16. The first-order chi connectivity index (χ1) is 10.2. The van der Waals surface area contributed by atoms with Gasteiger partial charge in [0.25, 0.3) is 5.91 Å². The molecule has 1 fully saturated rings. The minimum absolute atomic E-state index is 0.0993. The number of benzene rings is 1. The largest absolute Gasteiger partial charge is 0.497 e. The second-order valence-corrected chi connectivity index (χ2v) is 9.08. The van der Waals surface area contributed by atoms with Crippen LogP contribution in [0.5, 0.6) is 5.75 Å². The van der Waals surface area contributed by atoms with E-state index in [4.69, 9.17) is 4.74 Å². The molecule has 0 unspecified atom stereocenters. The van der Waals surface area contributed by atoms with Crippen molar-refractivity contribution in [2.75, 3.05) is 26.0 Å². The Balaban J connectivity index is 2.06. The Morgan fingerprint density at radius 3 is 2.59 bits per heavy atom. The lowest BCUT2D eigenvalue weighted by molar-refractivity contribution is 0.0657. The standard InChI is InChI=1S/C15H20BrNO4S/c1-10(2)9-22(19,20)12-7-17(8-12)15(18)13-6-11(21-3)4-5-14(13)16/h4-6,10,12H,7-9H2,1-3H3. The monoisotopic (exact) mass is 389 g/mol. The van der Waals surface area contributed by atoms with Gasteiger partial charge in [0.05, 0.1) is 23.7 Å². The molecule has 1 saturated heterocycles. The van der Waals surface area contributed by atoms with Gasteiger partial charge in [0.15, 0.2) is 9.84 Å². The van der Waals surface area contributed by atoms with Gasteiger partial charge in [-0.2, -0.15) is 0 Å². The molecule has 1 aromatic carbocycles. The van der Waals surface area contributed by atoms with Crippen LogP contribution in [0.2, 0.25) is 0 Å². The van der Waals surface area contributed by atoms with Gasteiger partial charge in [-0.05, 0) is 40.0 Å². The molecule has 0 N–H and O–H groups in total. The molecule has 122 valence electrons. The summed E-state index contributed by atoms with van der Waals surface area (Å²) >= 11 is 3.35. The molecule has 1 heterocycles. The fraction of sp³-hybridized carbons (Fsp3) is 0.533. The summed E-state index contributed by atoms with van der Waals surface area (Å²) in [4.78, 5) is 14.0. The van der Waals surface area contributed by atoms with Crippen molar-refractivity contribution in [2.24, 2.45) is 5.92 Å². The van der Waals surface area contributed by atoms with Crippen molar-refractivity contribution in [1.29, 1.82) is 0 Å². The van der Waals surface area contributed by atoms with Crippen LogP contribution in [0.4, 0.5) is 0 Å². The van der Waals surface area contributed by atoms with Gasteiger partial charge in [-0.25, -0.2) is 8.42 Å². The van der Waals surface area contributed by atoms with E-state index in [0.29, 0.717) is 15.8 Å². The highest BCUT2D eigenvalue weighted by Gasteiger charge is 2.40. The first-order valence-electron chi connectivity index (χ1n) is 7.09. The van der Waals surface area contributed by atoms with Gasteiger partial charge in [0, 0.05) is 17.6 Å². The number of methoxy groups -OCH3 is 1. The normalized spacial score (nSPS) is 15.8. The van der Waals surface area contributed by atoms with Gasteiger partial charge in [-0.3, -0.25) is 4.79 Å². The van der Waals surface area contributed by atoms with Crippen molar-refractivity contribution in [3.8, 4) is 5.75 Å². The number of carbonyl (C=O) groups is 1. The van der Waals surface area contributed by atoms with Crippen LogP contribution in [0.1, 0.15) is 24.2 Å². The quantitative estimate of drug-likeness (QED) is 0.775. The van der Waals surface area contributed by atoms with Crippen molar-refractivity contribution < 1.29 is 17.9 Å². The molecule has 1 aliphatic heterocycles. The summed E-state index contributed by atoms with van der Waals surface area (Å²) in [6.07, 6.45) is 0. The Morgan fingerprint density at radius 1 is 1.41 bits per heavy atom. The molecule has 1 aromatic rings. The zero-order valence-electron chi connectivity index (χ0n) is 12.9. The highest BCUT2D eigenvalue weighted by atomic mass is 79.9. The zero-order valence-corrected chi connectivity index (χ0v) is 15.3. The summed E-state index contributed by atoms with van der Waals surface area (Å²) in [7, 11) is -1.59. The fourth-order valence-corrected chi connectivity index (χ4v) is 4.83. The molecule has 1 aliphatic rings. The minimum atomic E-state index is -3.12. The molecular weight excluding hydrogens is 370 g/mol. The van der Waals surface area contributed by atoms with Crippen molar-refractivity contribution in [1.82, 2.24) is 4.90 Å². The van der Waals surface area contributed by atoms with Gasteiger partial charge in [0.1, 0.15) is 5.75 Å². The van der Waals surface area contributed by atoms with E-state index in [1.807, 2.05) is 13.8 Å². The molecule has 22 heavy (non-hydrogen) atoms. The average molecular weight is 390 g/mol. The van der Waals surface area contributed by atoms with Gasteiger partial charge < -0.3 is 9.64 Å². The van der Waals surface area contributed by atoms with Crippen molar-refractivity contribution in [2.45, 2.75) is 19.1 Å². The summed E-state index contributed by atoms with van der Waals surface area (Å²) < 4.78 is 30.1. The third-order valence-electron chi connectivity index (χ3n) is 3.61. The second kappa shape index (κ2) is 6.58. The van der Waals surface area contributed by atoms with E-state index in [0.717, 1.165) is 0 Å². The first kappa shape index (κ1) is 17.3. The summed E-state index contributed by atoms with van der Waals surface area (Å²) in [5, 5.41) is -0.441. The van der Waals surface area contributed by atoms with E-state index in [1.54, 1.807) is 23.1 Å². The molecule has 5 nitrogen and oxygen atoms in total. The van der Waals surface area contributed by atoms with E-state index in [1.165, 1.54) is 7.11 Å². The lowest BCUT2D eigenvalue weighted by Gasteiger charge is -2.39. The Morgan fingerprint density at radius 2 is 2.05 bits per heavy atom. The molecule has 1 amide bonds. The summed E-state index contributed by atoms with van der Waals surface area (Å²) in [5.74, 6) is 0.683. The third-order valence-corrected chi connectivity index (χ3v) is 6.75. The molecule has 0 aliphatic carbocycles. The summed E-state index contributed by atoms with van der Waals surface area (Å²) in [5.41, 5.74) is 0.485. The number of sulfone groups is 1. The fourth-order valence-electron chi connectivity index (χ4n) is 2.40. The molecule has 0 aromatic heterocycles. The van der Waals surface area contributed by atoms with Crippen molar-refractivity contribution >= 4 is 31.7 Å². The number of rotatable bonds is 5. The van der Waals surface area contributed by atoms with Crippen LogP contribution >= 0.6 is 15.9 Å². The number of halogens is 1. The van der Waals surface area contributed by atoms with Gasteiger partial charge in [-0.1, -0.05) is 13.8 Å². The predicted molar refractivity (Wildman–Crippen MR) is 89.0 cm³/mol. The molecular formula is C15H20BrNO4S. The highest BCUT2D eigenvalue weighted by molar-refractivity contribution is 9.10. The van der Waals surface area contributed by atoms with Crippen LogP contribution in [0.15, 0.2) is 22.7 Å². The lowest BCUT2D eigenvalue weighted by atomic mass is 10.1. The van der Waals surface area contributed by atoms with Crippen LogP contribution in [0, 0.1) is 5.92 Å². The van der Waals surface area contributed by atoms with Crippen LogP contribution in [-0.2, 0) is 9.84 Å². The molecule has 7 heteroatoms. The maximum absolute atomic E-state index is 12.5. The highest BCUT2D eigenvalue weighted by Crippen LogP contribution is 2.27. The first-order valence-corrected chi connectivity index (χ1v) is 9.60.